The van der Waals surface area contributed by atoms with Crippen molar-refractivity contribution in [3.63, 3.8) is 0 Å². The molecule has 0 saturated heterocycles. The number of rotatable bonds is 5. The highest BCUT2D eigenvalue weighted by Crippen LogP contribution is 2.29. The summed E-state index contributed by atoms with van der Waals surface area (Å²) in [6.07, 6.45) is 5.40. The Balaban J connectivity index is 2.07. The minimum Gasteiger partial charge on any atom is -0.357 e. The van der Waals surface area contributed by atoms with Crippen molar-refractivity contribution in [2.24, 2.45) is 12.5 Å². The van der Waals surface area contributed by atoms with Crippen LogP contribution < -0.4 is 5.32 Å². The minimum atomic E-state index is 0.310. The van der Waals surface area contributed by atoms with E-state index in [4.69, 9.17) is 0 Å². The maximum atomic E-state index is 3.71. The quantitative estimate of drug-likeness (QED) is 0.857. The number of nitrogens with zero attached hydrogens (tertiary/aromatic N) is 1. The molecule has 2 nitrogen and oxygen atoms in total. The van der Waals surface area contributed by atoms with Crippen molar-refractivity contribution in [2.75, 3.05) is 0 Å². The van der Waals surface area contributed by atoms with Crippen LogP contribution in [0.25, 0.3) is 0 Å². The Kier molecular flexibility index (Phi) is 4.66. The molecule has 1 N–H and O–H groups in total. The van der Waals surface area contributed by atoms with Gasteiger partial charge in [0.05, 0.1) is 0 Å². The summed E-state index contributed by atoms with van der Waals surface area (Å²) in [5.74, 6) is 0. The molecule has 0 aliphatic rings. The lowest BCUT2D eigenvalue weighted by Crippen LogP contribution is -2.25. The average molecular weight is 270 g/mol. The zero-order valence-corrected chi connectivity index (χ0v) is 13.1. The lowest BCUT2D eigenvalue weighted by atomic mass is 9.85. The minimum absolute atomic E-state index is 0.310. The number of hydrogen-bond donors (Lipinski definition) is 1. The molecule has 0 radical (unpaired) electrons. The predicted octanol–water partition coefficient (Wildman–Crippen LogP) is 4.29. The molecule has 0 bridgehead atoms. The Bertz CT molecular complexity index is 520. The zero-order chi connectivity index (χ0) is 14.6. The number of hydrogen-bond acceptors (Lipinski definition) is 1. The first kappa shape index (κ1) is 14.9. The second-order valence-electron chi connectivity index (χ2n) is 6.79. The van der Waals surface area contributed by atoms with E-state index in [1.165, 1.54) is 11.1 Å². The first-order valence-electron chi connectivity index (χ1n) is 7.33. The van der Waals surface area contributed by atoms with E-state index in [2.05, 4.69) is 86.5 Å². The number of nitrogens with one attached hydrogen (secondary N) is 1. The highest BCUT2D eigenvalue weighted by atomic mass is 14.9. The molecule has 2 rings (SSSR count). The molecule has 20 heavy (non-hydrogen) atoms. The summed E-state index contributed by atoms with van der Waals surface area (Å²) >= 11 is 0. The third-order valence-electron chi connectivity index (χ3n) is 3.46. The van der Waals surface area contributed by atoms with Crippen LogP contribution in [-0.2, 0) is 13.6 Å². The molecular weight excluding hydrogens is 244 g/mol. The van der Waals surface area contributed by atoms with Gasteiger partial charge >= 0.3 is 0 Å². The van der Waals surface area contributed by atoms with Gasteiger partial charge in [-0.1, -0.05) is 51.1 Å². The van der Waals surface area contributed by atoms with Crippen LogP contribution >= 0.6 is 0 Å². The van der Waals surface area contributed by atoms with Crippen molar-refractivity contribution in [1.29, 1.82) is 0 Å². The molecule has 1 unspecified atom stereocenters. The van der Waals surface area contributed by atoms with Crippen molar-refractivity contribution >= 4 is 0 Å². The standard InChI is InChI=1S/C18H26N2/c1-18(2,3)12-17(16-8-6-5-7-9-16)19-13-15-10-11-20(4)14-15/h5-11,14,17,19H,12-13H2,1-4H3. The van der Waals surface area contributed by atoms with Crippen LogP contribution in [0.3, 0.4) is 0 Å². The fourth-order valence-electron chi connectivity index (χ4n) is 2.51. The molecule has 0 fully saturated rings. The lowest BCUT2D eigenvalue weighted by Gasteiger charge is -2.27. The van der Waals surface area contributed by atoms with Crippen LogP contribution in [0.2, 0.25) is 0 Å². The van der Waals surface area contributed by atoms with Gasteiger partial charge in [0.1, 0.15) is 0 Å². The summed E-state index contributed by atoms with van der Waals surface area (Å²) in [7, 11) is 2.06. The molecule has 1 heterocycles. The van der Waals surface area contributed by atoms with E-state index in [0.29, 0.717) is 11.5 Å². The van der Waals surface area contributed by atoms with E-state index >= 15 is 0 Å². The summed E-state index contributed by atoms with van der Waals surface area (Å²) in [5.41, 5.74) is 3.02. The Labute approximate surface area is 122 Å². The molecule has 108 valence electrons. The SMILES string of the molecule is Cn1ccc(CNC(CC(C)(C)C)c2ccccc2)c1. The van der Waals surface area contributed by atoms with Crippen LogP contribution in [0.5, 0.6) is 0 Å². The van der Waals surface area contributed by atoms with E-state index in [-0.39, 0.29) is 0 Å². The molecule has 1 aromatic carbocycles. The van der Waals surface area contributed by atoms with E-state index in [9.17, 15) is 0 Å². The van der Waals surface area contributed by atoms with Gasteiger partial charge in [0, 0.05) is 32.0 Å². The second-order valence-corrected chi connectivity index (χ2v) is 6.79. The highest BCUT2D eigenvalue weighted by Gasteiger charge is 2.19. The molecule has 0 aliphatic carbocycles. The lowest BCUT2D eigenvalue weighted by molar-refractivity contribution is 0.310. The summed E-state index contributed by atoms with van der Waals surface area (Å²) in [6, 6.07) is 13.3. The summed E-state index contributed by atoms with van der Waals surface area (Å²) < 4.78 is 2.10. The predicted molar refractivity (Wildman–Crippen MR) is 85.5 cm³/mol. The summed E-state index contributed by atoms with van der Waals surface area (Å²) in [5, 5.41) is 3.71. The Morgan fingerprint density at radius 1 is 1.10 bits per heavy atom. The smallest absolute Gasteiger partial charge is 0.0328 e. The number of aromatic nitrogens is 1. The zero-order valence-electron chi connectivity index (χ0n) is 13.1. The molecule has 0 aliphatic heterocycles. The molecule has 2 heteroatoms. The molecule has 1 aromatic heterocycles. The van der Waals surface area contributed by atoms with E-state index in [1.807, 2.05) is 0 Å². The van der Waals surface area contributed by atoms with Gasteiger partial charge in [0.2, 0.25) is 0 Å². The van der Waals surface area contributed by atoms with E-state index < -0.39 is 0 Å². The fourth-order valence-corrected chi connectivity index (χ4v) is 2.51. The molecule has 2 aromatic rings. The molecule has 0 saturated carbocycles. The van der Waals surface area contributed by atoms with Crippen molar-refractivity contribution < 1.29 is 0 Å². The van der Waals surface area contributed by atoms with Crippen molar-refractivity contribution in [3.05, 3.63) is 59.9 Å². The second kappa shape index (κ2) is 6.27. The van der Waals surface area contributed by atoms with Crippen LogP contribution in [0.1, 0.15) is 44.4 Å². The third kappa shape index (κ3) is 4.53. The van der Waals surface area contributed by atoms with Gasteiger partial charge < -0.3 is 9.88 Å². The highest BCUT2D eigenvalue weighted by molar-refractivity contribution is 5.20. The molecule has 0 amide bonds. The first-order chi connectivity index (χ1) is 9.44. The summed E-state index contributed by atoms with van der Waals surface area (Å²) in [6.45, 7) is 7.81. The van der Waals surface area contributed by atoms with E-state index in [1.54, 1.807) is 0 Å². The van der Waals surface area contributed by atoms with Crippen LogP contribution in [0.15, 0.2) is 48.8 Å². The van der Waals surface area contributed by atoms with Crippen molar-refractivity contribution in [3.8, 4) is 0 Å². The molecule has 1 atom stereocenters. The summed E-state index contributed by atoms with van der Waals surface area (Å²) in [4.78, 5) is 0. The Morgan fingerprint density at radius 3 is 2.35 bits per heavy atom. The molecule has 0 spiro atoms. The van der Waals surface area contributed by atoms with Gasteiger partial charge in [-0.3, -0.25) is 0 Å². The monoisotopic (exact) mass is 270 g/mol. The first-order valence-corrected chi connectivity index (χ1v) is 7.33. The number of benzene rings is 1. The van der Waals surface area contributed by atoms with E-state index in [0.717, 1.165) is 13.0 Å². The fraction of sp³-hybridized carbons (Fsp3) is 0.444. The van der Waals surface area contributed by atoms with Crippen molar-refractivity contribution in [2.45, 2.75) is 39.8 Å². The topological polar surface area (TPSA) is 17.0 Å². The maximum Gasteiger partial charge on any atom is 0.0328 e. The Hall–Kier alpha value is -1.54. The van der Waals surface area contributed by atoms with Crippen LogP contribution in [0, 0.1) is 5.41 Å². The van der Waals surface area contributed by atoms with Gasteiger partial charge in [-0.15, -0.1) is 0 Å². The van der Waals surface area contributed by atoms with Gasteiger partial charge in [0.25, 0.3) is 0 Å². The van der Waals surface area contributed by atoms with Crippen molar-refractivity contribution in [1.82, 2.24) is 9.88 Å². The average Bonchev–Trinajstić information content (AvgIpc) is 2.80. The Morgan fingerprint density at radius 2 is 1.80 bits per heavy atom. The normalized spacial score (nSPS) is 13.4. The number of aryl methyl sites for hydroxylation is 1. The van der Waals surface area contributed by atoms with Gasteiger partial charge in [-0.2, -0.15) is 0 Å². The van der Waals surface area contributed by atoms with Crippen LogP contribution in [0.4, 0.5) is 0 Å². The third-order valence-corrected chi connectivity index (χ3v) is 3.46. The van der Waals surface area contributed by atoms with Gasteiger partial charge in [-0.25, -0.2) is 0 Å². The van der Waals surface area contributed by atoms with Crippen LogP contribution in [-0.4, -0.2) is 4.57 Å². The maximum absolute atomic E-state index is 3.71. The van der Waals surface area contributed by atoms with Gasteiger partial charge in [0.15, 0.2) is 0 Å². The largest absolute Gasteiger partial charge is 0.357 e. The van der Waals surface area contributed by atoms with Gasteiger partial charge in [-0.05, 0) is 29.0 Å². The molecular formula is C18H26N2.